The van der Waals surface area contributed by atoms with Crippen LogP contribution < -0.4 is 58.7 Å². The summed E-state index contributed by atoms with van der Waals surface area (Å²) < 4.78 is 76.6. The largest absolute Gasteiger partial charge is 0.429 e. The van der Waals surface area contributed by atoms with E-state index >= 15 is 0 Å². The van der Waals surface area contributed by atoms with Gasteiger partial charge < -0.3 is 156 Å². The molecule has 8 amide bonds. The van der Waals surface area contributed by atoms with Crippen LogP contribution in [-0.2, 0) is 106 Å². The first-order valence-electron chi connectivity index (χ1n) is 48.1. The van der Waals surface area contributed by atoms with Gasteiger partial charge in [0.2, 0.25) is 47.3 Å². The molecule has 5 aliphatic heterocycles. The van der Waals surface area contributed by atoms with Crippen molar-refractivity contribution in [2.24, 2.45) is 11.8 Å². The predicted molar refractivity (Wildman–Crippen MR) is 500 cm³/mol. The Kier molecular flexibility index (Phi) is 50.8. The minimum absolute atomic E-state index is 0.0834. The van der Waals surface area contributed by atoms with Crippen LogP contribution in [0.2, 0.25) is 0 Å². The van der Waals surface area contributed by atoms with E-state index in [1.165, 1.54) is 20.8 Å². The quantitative estimate of drug-likeness (QED) is 0.0180. The summed E-state index contributed by atoms with van der Waals surface area (Å²) in [4.78, 5) is 108. The first-order chi connectivity index (χ1) is 65.6. The number of nitrogens with zero attached hydrogens (tertiary/aromatic N) is 2. The van der Waals surface area contributed by atoms with E-state index < -0.39 is 154 Å². The molecule has 2 aromatic carbocycles. The number of carbonyl (C=O) groups is 8. The SMILES string of the molecule is CO[P+](OCCCCCCCN1Cc2ccccc2/C(NCCOCCOCC(=O)N2CCC(C(=O)NC(COCCC(=O)NCCCCCCOC3OC(CO)C(O)C(O)C3NC(C)=O)(COCCC(=O)NCCCCCCOC3OC(CO)C(O)C(O)C3NC(C)=O)COCCC(=O)NCCCCCCOC3OC4(CO)C(O)C(O)C34NC(C)=O)CC2)=C(/NN)c2ccccc21)=C(C)C. The van der Waals surface area contributed by atoms with Gasteiger partial charge in [0.1, 0.15) is 79.7 Å². The van der Waals surface area contributed by atoms with E-state index in [0.717, 1.165) is 77.7 Å². The lowest BCUT2D eigenvalue weighted by Gasteiger charge is -2.73. The average molecular weight is 1950 g/mol. The lowest BCUT2D eigenvalue weighted by Crippen LogP contribution is -3.00. The maximum Gasteiger partial charge on any atom is 0.429 e. The van der Waals surface area contributed by atoms with Crippen molar-refractivity contribution < 1.29 is 145 Å². The van der Waals surface area contributed by atoms with E-state index in [0.29, 0.717) is 123 Å². The number of hydrogen-bond acceptors (Lipinski definition) is 34. The lowest BCUT2D eigenvalue weighted by atomic mass is 9.53. The van der Waals surface area contributed by atoms with Crippen LogP contribution in [0.15, 0.2) is 48.5 Å². The van der Waals surface area contributed by atoms with Gasteiger partial charge in [-0.2, -0.15) is 9.05 Å². The molecule has 2 aromatic rings. The molecule has 16 atom stereocenters. The number of fused-ring (bicyclic) bond motifs is 3. The summed E-state index contributed by atoms with van der Waals surface area (Å²) in [5.74, 6) is 2.73. The minimum Gasteiger partial charge on any atom is -0.394 e. The van der Waals surface area contributed by atoms with Crippen molar-refractivity contribution in [1.82, 2.24) is 52.9 Å². The maximum absolute atomic E-state index is 14.8. The molecule has 5 fully saturated rings. The molecule has 20 N–H and O–H groups in total. The molecule has 136 heavy (non-hydrogen) atoms. The van der Waals surface area contributed by atoms with E-state index in [1.54, 1.807) is 12.0 Å². The number of unbranched alkanes of at least 4 members (excludes halogenated alkanes) is 13. The molecule has 42 nitrogen and oxygen atoms in total. The zero-order valence-electron chi connectivity index (χ0n) is 80.0. The number of anilines is 1. The van der Waals surface area contributed by atoms with Crippen LogP contribution in [0.5, 0.6) is 0 Å². The van der Waals surface area contributed by atoms with Crippen molar-refractivity contribution in [2.45, 2.75) is 279 Å². The number of piperidine rings is 1. The second-order valence-corrected chi connectivity index (χ2v) is 37.6. The number of aliphatic hydroxyl groups is 9. The third-order valence-corrected chi connectivity index (χ3v) is 26.4. The fraction of sp³-hybridized carbons (Fsp3) is 0.753. The van der Waals surface area contributed by atoms with Gasteiger partial charge in [-0.25, -0.2) is 0 Å². The molecule has 43 heteroatoms. The van der Waals surface area contributed by atoms with Crippen LogP contribution in [0.4, 0.5) is 5.69 Å². The number of amides is 8. The fourth-order valence-electron chi connectivity index (χ4n) is 17.5. The highest BCUT2D eigenvalue weighted by Crippen LogP contribution is 2.58. The number of para-hydroxylation sites is 1. The summed E-state index contributed by atoms with van der Waals surface area (Å²) in [5, 5.41) is 117. The van der Waals surface area contributed by atoms with Crippen LogP contribution in [0.25, 0.3) is 11.4 Å². The first-order valence-corrected chi connectivity index (χ1v) is 49.3. The number of likely N-dealkylation sites (tertiary alicyclic amines) is 1. The molecule has 770 valence electrons. The highest BCUT2D eigenvalue weighted by Gasteiger charge is 2.85. The summed E-state index contributed by atoms with van der Waals surface area (Å²) in [7, 11) is 0.747. The Bertz CT molecular complexity index is 3880. The van der Waals surface area contributed by atoms with Crippen molar-refractivity contribution in [3.05, 3.63) is 65.2 Å². The second kappa shape index (κ2) is 60.7. The number of rotatable bonds is 67. The molecule has 1 saturated carbocycles. The van der Waals surface area contributed by atoms with Gasteiger partial charge in [-0.1, -0.05) is 100 Å². The Balaban J connectivity index is 0.830. The van der Waals surface area contributed by atoms with Gasteiger partial charge in [-0.3, -0.25) is 44.2 Å². The van der Waals surface area contributed by atoms with Gasteiger partial charge >= 0.3 is 8.00 Å². The van der Waals surface area contributed by atoms with Crippen molar-refractivity contribution in [2.75, 3.05) is 170 Å². The predicted octanol–water partition coefficient (Wildman–Crippen LogP) is 0.0345. The van der Waals surface area contributed by atoms with Crippen LogP contribution >= 0.6 is 8.00 Å². The molecule has 0 bridgehead atoms. The average Bonchev–Trinajstić information content (AvgIpc) is 0.649. The van der Waals surface area contributed by atoms with E-state index in [2.05, 4.69) is 77.1 Å². The number of carbonyl (C=O) groups excluding carboxylic acids is 8. The number of benzene rings is 2. The normalized spacial score (nSPS) is 25.3. The number of ether oxygens (including phenoxy) is 11. The van der Waals surface area contributed by atoms with Gasteiger partial charge in [-0.05, 0) is 75.8 Å². The maximum atomic E-state index is 14.8. The van der Waals surface area contributed by atoms with E-state index in [1.807, 2.05) is 38.1 Å². The third-order valence-electron chi connectivity index (χ3n) is 24.9. The molecular formula is C93H154N12O30P+. The molecule has 8 rings (SSSR count). The minimum atomic E-state index is -1.58. The summed E-state index contributed by atoms with van der Waals surface area (Å²) in [6, 6.07) is 14.4. The Morgan fingerprint density at radius 1 is 0.522 bits per heavy atom. The zero-order chi connectivity index (χ0) is 98.4. The molecule has 16 unspecified atom stereocenters. The zero-order valence-corrected chi connectivity index (χ0v) is 80.8. The van der Waals surface area contributed by atoms with Gasteiger partial charge in [0.05, 0.1) is 97.8 Å². The number of nitrogens with one attached hydrogen (secondary N) is 9. The van der Waals surface area contributed by atoms with Crippen molar-refractivity contribution in [3.8, 4) is 0 Å². The molecular weight excluding hydrogens is 1800 g/mol. The van der Waals surface area contributed by atoms with Crippen molar-refractivity contribution >= 4 is 77.6 Å². The standard InChI is InChI=1S/C93H153N12O30P/c1-62(2)136(123-6)132-47-27-12-7-11-23-41-105-54-67-28-16-17-29-68(67)77(78(103-94)69-30-18-19-31-70(69)105)98-40-51-124-52-53-125-57-76(115)104-42-32-66(33-43-104)87(122)102-91(59-126-48-34-73(112)95-37-20-8-13-24-44-129-88-79(99-63(3)109)83(118)81(116)71(55-106)133-88,60-127-49-35-74(113)96-38-21-9-14-25-45-130-89-80(100-64(4)110)84(119)82(117)72(56-107)134-89)61-128-50-36-75(114)97-39-22-10-15-26-46-131-90-93(101-65(5)111)86(121)85(120)92(93,58-108)135-90/h16-19,28-31,66,71-72,79-86,88-90,98,103,106-108,116-121H,7-15,20-27,32-61,94H2,1-6H3,(H6-,95,96,97,99,100,101,102,109,110,111,112,113,114,122)/p+1/b78-77-. The lowest BCUT2D eigenvalue weighted by molar-refractivity contribution is -0.475. The third kappa shape index (κ3) is 34.5. The Labute approximate surface area is 798 Å². The van der Waals surface area contributed by atoms with Crippen LogP contribution in [0, 0.1) is 5.92 Å². The Morgan fingerprint density at radius 3 is 1.51 bits per heavy atom. The van der Waals surface area contributed by atoms with Gasteiger partial charge in [-0.15, -0.1) is 0 Å². The van der Waals surface area contributed by atoms with Crippen molar-refractivity contribution in [1.29, 1.82) is 0 Å². The molecule has 5 heterocycles. The molecule has 1 aliphatic carbocycles. The Hall–Kier alpha value is -7.41. The molecule has 6 aliphatic rings. The molecule has 0 aromatic heterocycles. The van der Waals surface area contributed by atoms with E-state index in [9.17, 15) is 84.3 Å². The summed E-state index contributed by atoms with van der Waals surface area (Å²) in [6.07, 6.45) is -1.07. The van der Waals surface area contributed by atoms with Gasteiger partial charge in [0.25, 0.3) is 0 Å². The monoisotopic (exact) mass is 1950 g/mol. The summed E-state index contributed by atoms with van der Waals surface area (Å²) >= 11 is 0. The summed E-state index contributed by atoms with van der Waals surface area (Å²) in [5.41, 5.74) is 4.26. The van der Waals surface area contributed by atoms with Crippen molar-refractivity contribution in [3.63, 3.8) is 0 Å². The molecule has 0 radical (unpaired) electrons. The second-order valence-electron chi connectivity index (χ2n) is 35.6. The smallest absolute Gasteiger partial charge is 0.394 e. The highest BCUT2D eigenvalue weighted by molar-refractivity contribution is 7.49. The number of hydrazine groups is 1. The molecule has 0 spiro atoms. The Morgan fingerprint density at radius 2 is 1.01 bits per heavy atom. The molecule has 4 saturated heterocycles. The van der Waals surface area contributed by atoms with Crippen LogP contribution in [-0.4, -0.2) is 365 Å². The van der Waals surface area contributed by atoms with Gasteiger partial charge in [0.15, 0.2) is 35.3 Å². The topological polar surface area (TPSA) is 579 Å². The highest BCUT2D eigenvalue weighted by atomic mass is 31.1. The number of nitrogens with two attached hydrogens (primary N) is 1. The number of hydrogen-bond donors (Lipinski definition) is 19. The van der Waals surface area contributed by atoms with Crippen LogP contribution in [0.1, 0.15) is 193 Å². The van der Waals surface area contributed by atoms with Crippen LogP contribution in [0.3, 0.4) is 0 Å². The first kappa shape index (κ1) is 114. The summed E-state index contributed by atoms with van der Waals surface area (Å²) in [6.45, 7) is 9.98. The van der Waals surface area contributed by atoms with Gasteiger partial charge in [0, 0.05) is 149 Å². The van der Waals surface area contributed by atoms with E-state index in [-0.39, 0.29) is 148 Å². The number of aliphatic hydroxyl groups excluding tert-OH is 9. The van der Waals surface area contributed by atoms with E-state index in [4.69, 9.17) is 67.0 Å². The fourth-order valence-corrected chi connectivity index (χ4v) is 18.5.